The third-order valence-electron chi connectivity index (χ3n) is 3.63. The number of carbonyl (C=O) groups is 1. The molecular weight excluding hydrogens is 323 g/mol. The van der Waals surface area contributed by atoms with Crippen LogP contribution in [0.1, 0.15) is 40.5 Å². The van der Waals surface area contributed by atoms with Crippen molar-refractivity contribution < 1.29 is 22.7 Å². The zero-order valence-electron chi connectivity index (χ0n) is 12.7. The largest absolute Gasteiger partial charge is 0.484 e. The fourth-order valence-corrected chi connectivity index (χ4v) is 2.20. The van der Waals surface area contributed by atoms with E-state index in [2.05, 4.69) is 20.3 Å². The fourth-order valence-electron chi connectivity index (χ4n) is 2.20. The summed E-state index contributed by atoms with van der Waals surface area (Å²) in [5.74, 6) is 0.322. The minimum atomic E-state index is -4.37. The summed E-state index contributed by atoms with van der Waals surface area (Å²) in [7, 11) is 0. The van der Waals surface area contributed by atoms with Crippen LogP contribution in [0, 0.1) is 0 Å². The zero-order valence-corrected chi connectivity index (χ0v) is 12.7. The van der Waals surface area contributed by atoms with Crippen molar-refractivity contribution in [3.63, 3.8) is 0 Å². The monoisotopic (exact) mass is 339 g/mol. The van der Waals surface area contributed by atoms with E-state index in [1.165, 1.54) is 12.1 Å². The molecule has 5 nitrogen and oxygen atoms in total. The van der Waals surface area contributed by atoms with E-state index in [0.717, 1.165) is 24.1 Å². The van der Waals surface area contributed by atoms with Crippen LogP contribution in [-0.4, -0.2) is 28.9 Å². The number of nitrogens with one attached hydrogen (secondary N) is 2. The molecule has 8 heteroatoms. The molecule has 0 unspecified atom stereocenters. The van der Waals surface area contributed by atoms with Gasteiger partial charge in [0.1, 0.15) is 11.4 Å². The number of alkyl halides is 3. The van der Waals surface area contributed by atoms with Crippen molar-refractivity contribution in [1.82, 2.24) is 15.5 Å². The predicted octanol–water partition coefficient (Wildman–Crippen LogP) is 3.16. The molecule has 128 valence electrons. The minimum Gasteiger partial charge on any atom is -0.484 e. The summed E-state index contributed by atoms with van der Waals surface area (Å²) in [6.45, 7) is -1.07. The van der Waals surface area contributed by atoms with E-state index in [-0.39, 0.29) is 18.2 Å². The first-order valence-corrected chi connectivity index (χ1v) is 7.53. The van der Waals surface area contributed by atoms with Crippen LogP contribution in [0.5, 0.6) is 5.75 Å². The van der Waals surface area contributed by atoms with Crippen LogP contribution in [0.25, 0.3) is 0 Å². The number of ether oxygens (including phenoxy) is 1. The van der Waals surface area contributed by atoms with Gasteiger partial charge in [-0.2, -0.15) is 18.3 Å². The molecule has 1 aliphatic carbocycles. The first-order valence-electron chi connectivity index (χ1n) is 7.53. The lowest BCUT2D eigenvalue weighted by Crippen LogP contribution is -2.23. The van der Waals surface area contributed by atoms with Gasteiger partial charge in [0, 0.05) is 18.2 Å². The Morgan fingerprint density at radius 2 is 2.00 bits per heavy atom. The van der Waals surface area contributed by atoms with Crippen LogP contribution in [0.4, 0.5) is 13.2 Å². The molecule has 1 fully saturated rings. The summed E-state index contributed by atoms with van der Waals surface area (Å²) >= 11 is 0. The number of nitrogens with zero attached hydrogens (tertiary/aromatic N) is 1. The van der Waals surface area contributed by atoms with Gasteiger partial charge >= 0.3 is 6.18 Å². The zero-order chi connectivity index (χ0) is 17.2. The average molecular weight is 339 g/mol. The number of amides is 1. The van der Waals surface area contributed by atoms with Crippen LogP contribution in [-0.2, 0) is 6.54 Å². The maximum atomic E-state index is 12.1. The number of hydrogen-bond acceptors (Lipinski definition) is 3. The molecule has 1 heterocycles. The molecule has 0 radical (unpaired) electrons. The number of rotatable bonds is 6. The van der Waals surface area contributed by atoms with E-state index in [1.807, 2.05) is 0 Å². The van der Waals surface area contributed by atoms with Crippen molar-refractivity contribution in [3.8, 4) is 5.75 Å². The van der Waals surface area contributed by atoms with Crippen LogP contribution in [0.2, 0.25) is 0 Å². The van der Waals surface area contributed by atoms with Gasteiger partial charge in [-0.15, -0.1) is 0 Å². The molecule has 1 aromatic carbocycles. The SMILES string of the molecule is O=C(NCc1ccc(OCC(F)(F)F)cc1)c1cc(C2CC2)[nH]n1. The molecule has 1 aromatic heterocycles. The topological polar surface area (TPSA) is 67.0 Å². The number of aromatic amines is 1. The summed E-state index contributed by atoms with van der Waals surface area (Å²) in [4.78, 5) is 12.0. The van der Waals surface area contributed by atoms with Gasteiger partial charge in [-0.25, -0.2) is 0 Å². The summed E-state index contributed by atoms with van der Waals surface area (Å²) in [6, 6.07) is 7.83. The highest BCUT2D eigenvalue weighted by Crippen LogP contribution is 2.38. The van der Waals surface area contributed by atoms with Crippen LogP contribution in [0.3, 0.4) is 0 Å². The van der Waals surface area contributed by atoms with E-state index in [4.69, 9.17) is 0 Å². The first-order chi connectivity index (χ1) is 11.4. The highest BCUT2D eigenvalue weighted by atomic mass is 19.4. The molecule has 0 saturated heterocycles. The Morgan fingerprint density at radius 3 is 2.62 bits per heavy atom. The summed E-state index contributed by atoms with van der Waals surface area (Å²) < 4.78 is 40.8. The highest BCUT2D eigenvalue weighted by molar-refractivity contribution is 5.92. The second-order valence-corrected chi connectivity index (χ2v) is 5.71. The summed E-state index contributed by atoms with van der Waals surface area (Å²) in [5, 5.41) is 9.57. The maximum Gasteiger partial charge on any atom is 0.422 e. The predicted molar refractivity (Wildman–Crippen MR) is 79.7 cm³/mol. The van der Waals surface area contributed by atoms with Gasteiger partial charge in [-0.1, -0.05) is 12.1 Å². The molecule has 1 aliphatic rings. The van der Waals surface area contributed by atoms with Gasteiger partial charge in [0.15, 0.2) is 6.61 Å². The Hall–Kier alpha value is -2.51. The summed E-state index contributed by atoms with van der Waals surface area (Å²) in [6.07, 6.45) is -2.13. The van der Waals surface area contributed by atoms with E-state index >= 15 is 0 Å². The van der Waals surface area contributed by atoms with E-state index < -0.39 is 12.8 Å². The quantitative estimate of drug-likeness (QED) is 0.849. The van der Waals surface area contributed by atoms with Gasteiger partial charge < -0.3 is 10.1 Å². The molecule has 2 aromatic rings. The number of carbonyl (C=O) groups excluding carboxylic acids is 1. The Bertz CT molecular complexity index is 706. The van der Waals surface area contributed by atoms with Crippen molar-refractivity contribution >= 4 is 5.91 Å². The van der Waals surface area contributed by atoms with Crippen molar-refractivity contribution in [1.29, 1.82) is 0 Å². The van der Waals surface area contributed by atoms with Gasteiger partial charge in [0.05, 0.1) is 0 Å². The number of aromatic nitrogens is 2. The lowest BCUT2D eigenvalue weighted by atomic mass is 10.2. The van der Waals surface area contributed by atoms with Gasteiger partial charge in [-0.05, 0) is 36.6 Å². The van der Waals surface area contributed by atoms with Crippen molar-refractivity contribution in [2.24, 2.45) is 0 Å². The number of H-pyrrole nitrogens is 1. The smallest absolute Gasteiger partial charge is 0.422 e. The minimum absolute atomic E-state index is 0.128. The van der Waals surface area contributed by atoms with Crippen LogP contribution < -0.4 is 10.1 Å². The average Bonchev–Trinajstić information content (AvgIpc) is 3.28. The molecule has 0 atom stereocenters. The molecule has 24 heavy (non-hydrogen) atoms. The molecule has 0 spiro atoms. The Balaban J connectivity index is 1.49. The number of hydrogen-bond donors (Lipinski definition) is 2. The van der Waals surface area contributed by atoms with Crippen molar-refractivity contribution in [2.75, 3.05) is 6.61 Å². The second kappa shape index (κ2) is 6.54. The van der Waals surface area contributed by atoms with Gasteiger partial charge in [-0.3, -0.25) is 9.89 Å². The van der Waals surface area contributed by atoms with E-state index in [1.54, 1.807) is 18.2 Å². The Labute approximate surface area is 136 Å². The number of halogens is 3. The molecule has 1 amide bonds. The highest BCUT2D eigenvalue weighted by Gasteiger charge is 2.28. The van der Waals surface area contributed by atoms with Gasteiger partial charge in [0.2, 0.25) is 0 Å². The lowest BCUT2D eigenvalue weighted by Gasteiger charge is -2.09. The molecule has 3 rings (SSSR count). The standard InChI is InChI=1S/C16H16F3N3O2/c17-16(18,19)9-24-12-5-1-10(2-6-12)8-20-15(23)14-7-13(21-22-14)11-3-4-11/h1-2,5-7,11H,3-4,8-9H2,(H,20,23)(H,21,22). The van der Waals surface area contributed by atoms with Crippen molar-refractivity contribution in [3.05, 3.63) is 47.3 Å². The molecule has 0 bridgehead atoms. The number of benzene rings is 1. The van der Waals surface area contributed by atoms with Gasteiger partial charge in [0.25, 0.3) is 5.91 Å². The Kier molecular flexibility index (Phi) is 4.46. The molecule has 1 saturated carbocycles. The summed E-state index contributed by atoms with van der Waals surface area (Å²) in [5.41, 5.74) is 2.06. The van der Waals surface area contributed by atoms with Crippen molar-refractivity contribution in [2.45, 2.75) is 31.5 Å². The third kappa shape index (κ3) is 4.50. The molecule has 2 N–H and O–H groups in total. The van der Waals surface area contributed by atoms with Crippen LogP contribution in [0.15, 0.2) is 30.3 Å². The molecular formula is C16H16F3N3O2. The normalized spacial score (nSPS) is 14.5. The van der Waals surface area contributed by atoms with E-state index in [9.17, 15) is 18.0 Å². The van der Waals surface area contributed by atoms with Crippen LogP contribution >= 0.6 is 0 Å². The van der Waals surface area contributed by atoms with E-state index in [0.29, 0.717) is 11.6 Å². The first kappa shape index (κ1) is 16.4. The fraction of sp³-hybridized carbons (Fsp3) is 0.375. The third-order valence-corrected chi connectivity index (χ3v) is 3.63. The maximum absolute atomic E-state index is 12.1. The lowest BCUT2D eigenvalue weighted by molar-refractivity contribution is -0.153. The second-order valence-electron chi connectivity index (χ2n) is 5.71. The Morgan fingerprint density at radius 1 is 1.29 bits per heavy atom. The molecule has 0 aliphatic heterocycles.